The van der Waals surface area contributed by atoms with Crippen LogP contribution >= 0.6 is 15.9 Å². The highest BCUT2D eigenvalue weighted by Crippen LogP contribution is 2.39. The van der Waals surface area contributed by atoms with Gasteiger partial charge in [-0.15, -0.1) is 0 Å². The third-order valence-corrected chi connectivity index (χ3v) is 4.49. The summed E-state index contributed by atoms with van der Waals surface area (Å²) in [5.41, 5.74) is 9.39. The Bertz CT molecular complexity index is 755. The van der Waals surface area contributed by atoms with Gasteiger partial charge in [0.05, 0.1) is 23.8 Å². The Hall–Kier alpha value is -1.86. The van der Waals surface area contributed by atoms with Crippen molar-refractivity contribution in [3.05, 3.63) is 33.4 Å². The quantitative estimate of drug-likeness (QED) is 0.865. The van der Waals surface area contributed by atoms with Crippen LogP contribution in [0.5, 0.6) is 5.75 Å². The van der Waals surface area contributed by atoms with Gasteiger partial charge in [0, 0.05) is 17.7 Å². The number of benzene rings is 1. The van der Waals surface area contributed by atoms with Gasteiger partial charge in [0.15, 0.2) is 0 Å². The number of carboxylic acid groups (broad SMARTS) is 1. The molecule has 0 spiro atoms. The standard InChI is InChI=1S/C15H16BrN3O3/c1-22-12-6-8-2-3-9-13(10(8)7-11(12)16)18-19(5-4-17)14(9)15(20)21/h6-7H,2-5,17H2,1H3,(H,20,21). The van der Waals surface area contributed by atoms with Crippen molar-refractivity contribution >= 4 is 21.9 Å². The molecule has 0 saturated carbocycles. The van der Waals surface area contributed by atoms with Crippen LogP contribution in [0.1, 0.15) is 21.6 Å². The summed E-state index contributed by atoms with van der Waals surface area (Å²) in [7, 11) is 1.62. The predicted octanol–water partition coefficient (Wildman–Crippen LogP) is 2.08. The number of fused-ring (bicyclic) bond motifs is 3. The van der Waals surface area contributed by atoms with Gasteiger partial charge in [-0.3, -0.25) is 4.68 Å². The Morgan fingerprint density at radius 1 is 1.50 bits per heavy atom. The number of ether oxygens (including phenoxy) is 1. The van der Waals surface area contributed by atoms with Gasteiger partial charge in [-0.05, 0) is 46.5 Å². The van der Waals surface area contributed by atoms with Crippen molar-refractivity contribution in [1.29, 1.82) is 0 Å². The van der Waals surface area contributed by atoms with Crippen molar-refractivity contribution in [2.75, 3.05) is 13.7 Å². The van der Waals surface area contributed by atoms with Crippen LogP contribution in [-0.2, 0) is 19.4 Å². The van der Waals surface area contributed by atoms with Crippen LogP contribution in [0.25, 0.3) is 11.3 Å². The van der Waals surface area contributed by atoms with Crippen LogP contribution in [-0.4, -0.2) is 34.5 Å². The number of rotatable bonds is 4. The molecule has 1 heterocycles. The molecule has 0 radical (unpaired) electrons. The molecule has 3 N–H and O–H groups in total. The Balaban J connectivity index is 2.20. The molecule has 6 nitrogen and oxygen atoms in total. The summed E-state index contributed by atoms with van der Waals surface area (Å²) < 4.78 is 7.65. The normalized spacial score (nSPS) is 12.7. The summed E-state index contributed by atoms with van der Waals surface area (Å²) >= 11 is 3.48. The van der Waals surface area contributed by atoms with Gasteiger partial charge in [-0.2, -0.15) is 5.10 Å². The predicted molar refractivity (Wildman–Crippen MR) is 85.3 cm³/mol. The van der Waals surface area contributed by atoms with Crippen molar-refractivity contribution in [1.82, 2.24) is 9.78 Å². The monoisotopic (exact) mass is 365 g/mol. The number of carbonyl (C=O) groups is 1. The average molecular weight is 366 g/mol. The van der Waals surface area contributed by atoms with Crippen molar-refractivity contribution in [2.24, 2.45) is 5.73 Å². The minimum atomic E-state index is -0.960. The molecule has 0 saturated heterocycles. The van der Waals surface area contributed by atoms with E-state index in [1.165, 1.54) is 4.68 Å². The lowest BCUT2D eigenvalue weighted by molar-refractivity contribution is 0.0682. The Kier molecular flexibility index (Phi) is 3.92. The Morgan fingerprint density at radius 2 is 2.27 bits per heavy atom. The minimum absolute atomic E-state index is 0.248. The molecule has 7 heteroatoms. The second-order valence-corrected chi connectivity index (χ2v) is 5.99. The molecule has 0 aliphatic heterocycles. The topological polar surface area (TPSA) is 90.4 Å². The molecule has 1 aliphatic rings. The summed E-state index contributed by atoms with van der Waals surface area (Å²) in [5.74, 6) is -0.194. The molecule has 3 rings (SSSR count). The highest BCUT2D eigenvalue weighted by molar-refractivity contribution is 9.10. The zero-order valence-corrected chi connectivity index (χ0v) is 13.7. The van der Waals surface area contributed by atoms with Crippen molar-refractivity contribution in [3.8, 4) is 17.0 Å². The summed E-state index contributed by atoms with van der Waals surface area (Å²) in [6, 6.07) is 3.92. The summed E-state index contributed by atoms with van der Waals surface area (Å²) in [6.07, 6.45) is 1.42. The largest absolute Gasteiger partial charge is 0.496 e. The molecular weight excluding hydrogens is 350 g/mol. The number of aryl methyl sites for hydroxylation is 1. The second-order valence-electron chi connectivity index (χ2n) is 5.14. The number of hydrogen-bond donors (Lipinski definition) is 2. The maximum atomic E-state index is 11.6. The molecule has 0 unspecified atom stereocenters. The summed E-state index contributed by atoms with van der Waals surface area (Å²) in [6.45, 7) is 0.737. The Morgan fingerprint density at radius 3 is 2.91 bits per heavy atom. The molecule has 1 aromatic heterocycles. The van der Waals surface area contributed by atoms with Gasteiger partial charge in [-0.1, -0.05) is 0 Å². The van der Waals surface area contributed by atoms with Crippen LogP contribution in [0, 0.1) is 0 Å². The molecule has 1 aromatic carbocycles. The maximum absolute atomic E-state index is 11.6. The van der Waals surface area contributed by atoms with E-state index in [1.807, 2.05) is 12.1 Å². The van der Waals surface area contributed by atoms with E-state index in [1.54, 1.807) is 7.11 Å². The van der Waals surface area contributed by atoms with Crippen molar-refractivity contribution in [3.63, 3.8) is 0 Å². The smallest absolute Gasteiger partial charge is 0.354 e. The zero-order chi connectivity index (χ0) is 15.9. The first-order chi connectivity index (χ1) is 10.6. The number of carboxylic acids is 1. The van der Waals surface area contributed by atoms with Crippen molar-refractivity contribution in [2.45, 2.75) is 19.4 Å². The molecule has 2 aromatic rings. The van der Waals surface area contributed by atoms with Gasteiger partial charge in [-0.25, -0.2) is 4.79 Å². The molecule has 0 amide bonds. The van der Waals surface area contributed by atoms with Gasteiger partial charge < -0.3 is 15.6 Å². The number of methoxy groups -OCH3 is 1. The Labute approximate surface area is 136 Å². The fraction of sp³-hybridized carbons (Fsp3) is 0.333. The number of aromatic carboxylic acids is 1. The summed E-state index contributed by atoms with van der Waals surface area (Å²) in [4.78, 5) is 11.6. The molecule has 1 aliphatic carbocycles. The van der Waals surface area contributed by atoms with Crippen molar-refractivity contribution < 1.29 is 14.6 Å². The SMILES string of the molecule is COc1cc2c(cc1Br)-c1nn(CCN)c(C(=O)O)c1CC2. The maximum Gasteiger partial charge on any atom is 0.354 e. The first kappa shape index (κ1) is 15.1. The van der Waals surface area contributed by atoms with Crippen LogP contribution < -0.4 is 10.5 Å². The third kappa shape index (κ3) is 2.30. The lowest BCUT2D eigenvalue weighted by Gasteiger charge is -2.17. The van der Waals surface area contributed by atoms with E-state index in [2.05, 4.69) is 21.0 Å². The molecule has 22 heavy (non-hydrogen) atoms. The number of aromatic nitrogens is 2. The highest BCUT2D eigenvalue weighted by atomic mass is 79.9. The lowest BCUT2D eigenvalue weighted by atomic mass is 9.89. The van der Waals surface area contributed by atoms with E-state index in [0.717, 1.165) is 39.0 Å². The number of halogens is 1. The van der Waals surface area contributed by atoms with E-state index in [-0.39, 0.29) is 5.69 Å². The number of nitrogens with zero attached hydrogens (tertiary/aromatic N) is 2. The van der Waals surface area contributed by atoms with E-state index in [0.29, 0.717) is 19.5 Å². The van der Waals surface area contributed by atoms with E-state index in [9.17, 15) is 9.90 Å². The fourth-order valence-corrected chi connectivity index (χ4v) is 3.42. The van der Waals surface area contributed by atoms with E-state index >= 15 is 0 Å². The van der Waals surface area contributed by atoms with E-state index < -0.39 is 5.97 Å². The zero-order valence-electron chi connectivity index (χ0n) is 12.1. The fourth-order valence-electron chi connectivity index (χ4n) is 2.91. The number of hydrogen-bond acceptors (Lipinski definition) is 4. The molecule has 0 bridgehead atoms. The number of nitrogens with two attached hydrogens (primary N) is 1. The second kappa shape index (κ2) is 5.73. The molecular formula is C15H16BrN3O3. The van der Waals surface area contributed by atoms with Gasteiger partial charge in [0.1, 0.15) is 11.4 Å². The van der Waals surface area contributed by atoms with Crippen LogP contribution in [0.4, 0.5) is 0 Å². The third-order valence-electron chi connectivity index (χ3n) is 3.87. The van der Waals surface area contributed by atoms with Crippen LogP contribution in [0.3, 0.4) is 0 Å². The highest BCUT2D eigenvalue weighted by Gasteiger charge is 2.28. The summed E-state index contributed by atoms with van der Waals surface area (Å²) in [5, 5.41) is 14.0. The molecule has 116 valence electrons. The van der Waals surface area contributed by atoms with Crippen LogP contribution in [0.2, 0.25) is 0 Å². The first-order valence-corrected chi connectivity index (χ1v) is 7.76. The van der Waals surface area contributed by atoms with Gasteiger partial charge in [0.2, 0.25) is 0 Å². The van der Waals surface area contributed by atoms with E-state index in [4.69, 9.17) is 10.5 Å². The molecule has 0 fully saturated rings. The van der Waals surface area contributed by atoms with Gasteiger partial charge >= 0.3 is 5.97 Å². The van der Waals surface area contributed by atoms with Crippen LogP contribution in [0.15, 0.2) is 16.6 Å². The first-order valence-electron chi connectivity index (χ1n) is 6.96. The molecule has 0 atom stereocenters. The average Bonchev–Trinajstić information content (AvgIpc) is 2.85. The minimum Gasteiger partial charge on any atom is -0.496 e. The lowest BCUT2D eigenvalue weighted by Crippen LogP contribution is -2.17. The van der Waals surface area contributed by atoms with Gasteiger partial charge in [0.25, 0.3) is 0 Å².